The number of benzene rings is 8. The largest absolute Gasteiger partial charge is 3.00 e. The summed E-state index contributed by atoms with van der Waals surface area (Å²) in [5, 5.41) is 4.92. The van der Waals surface area contributed by atoms with Crippen molar-refractivity contribution in [1.29, 1.82) is 0 Å². The van der Waals surface area contributed by atoms with E-state index in [1.165, 1.54) is 24.3 Å². The maximum atomic E-state index is 10.9. The second-order valence-corrected chi connectivity index (χ2v) is 17.1. The molecule has 12 nitrogen and oxygen atoms in total. The fourth-order valence-corrected chi connectivity index (χ4v) is 8.46. The van der Waals surface area contributed by atoms with Gasteiger partial charge in [0, 0.05) is 0 Å². The smallest absolute Gasteiger partial charge is 0.744 e. The van der Waals surface area contributed by atoms with Gasteiger partial charge in [-0.3, -0.25) is 0 Å². The first-order valence-electron chi connectivity index (χ1n) is 16.1. The molecule has 0 aliphatic heterocycles. The van der Waals surface area contributed by atoms with E-state index in [9.17, 15) is 51.9 Å². The summed E-state index contributed by atoms with van der Waals surface area (Å²) in [6.07, 6.45) is 0. The van der Waals surface area contributed by atoms with Crippen molar-refractivity contribution >= 4 is 83.6 Å². The third-order valence-electron chi connectivity index (χ3n) is 8.08. The summed E-state index contributed by atoms with van der Waals surface area (Å²) in [7, 11) is -17.5. The monoisotopic (exact) mass is 903 g/mol. The molecule has 0 aliphatic carbocycles. The maximum absolute atomic E-state index is 10.9. The van der Waals surface area contributed by atoms with E-state index < -0.39 is 40.5 Å². The van der Waals surface area contributed by atoms with E-state index in [1.54, 1.807) is 146 Å². The second-order valence-electron chi connectivity index (χ2n) is 11.7. The van der Waals surface area contributed by atoms with Gasteiger partial charge in [-0.15, -0.1) is 0 Å². The Labute approximate surface area is 368 Å². The van der Waals surface area contributed by atoms with Gasteiger partial charge in [-0.1, -0.05) is 146 Å². The van der Waals surface area contributed by atoms with Crippen LogP contribution in [0.2, 0.25) is 0 Å². The van der Waals surface area contributed by atoms with Crippen LogP contribution in [0.15, 0.2) is 189 Å². The zero-order valence-corrected chi connectivity index (χ0v) is 36.6. The van der Waals surface area contributed by atoms with Crippen molar-refractivity contribution in [2.75, 3.05) is 0 Å². The fraction of sp³-hybridized carbons (Fsp3) is 0. The van der Waals surface area contributed by atoms with E-state index in [0.29, 0.717) is 21.5 Å². The summed E-state index contributed by atoms with van der Waals surface area (Å²) >= 11 is 0. The normalized spacial score (nSPS) is 11.4. The van der Waals surface area contributed by atoms with Gasteiger partial charge in [0.15, 0.2) is 0 Å². The van der Waals surface area contributed by atoms with E-state index in [2.05, 4.69) is 0 Å². The Bertz CT molecular complexity index is 2710. The molecule has 0 saturated carbocycles. The van der Waals surface area contributed by atoms with E-state index in [4.69, 9.17) is 0 Å². The van der Waals surface area contributed by atoms with E-state index in [-0.39, 0.29) is 66.5 Å². The van der Waals surface area contributed by atoms with Crippen LogP contribution in [0.5, 0.6) is 0 Å². The minimum atomic E-state index is -4.38. The molecule has 8 aromatic rings. The van der Waals surface area contributed by atoms with Gasteiger partial charge in [0.1, 0.15) is 40.5 Å². The van der Waals surface area contributed by atoms with Gasteiger partial charge < -0.3 is 18.2 Å². The minimum absolute atomic E-state index is 0. The predicted octanol–water partition coefficient (Wildman–Crippen LogP) is 3.98. The van der Waals surface area contributed by atoms with Crippen molar-refractivity contribution < 1.29 is 98.8 Å². The van der Waals surface area contributed by atoms with Crippen LogP contribution in [0.4, 0.5) is 0 Å². The Hall–Kier alpha value is -4.03. The number of rotatable bonds is 4. The minimum Gasteiger partial charge on any atom is -0.744 e. The molecule has 0 N–H and O–H groups in total. The van der Waals surface area contributed by atoms with Crippen LogP contribution < -0.4 is 29.6 Å². The molecule has 0 spiro atoms. The van der Waals surface area contributed by atoms with Gasteiger partial charge in [-0.25, -0.2) is 33.7 Å². The molecule has 8 rings (SSSR count). The van der Waals surface area contributed by atoms with Gasteiger partial charge in [0.05, 0.1) is 19.6 Å². The molecule has 0 fully saturated rings. The molecule has 8 aromatic carbocycles. The molecule has 0 aromatic heterocycles. The van der Waals surface area contributed by atoms with Gasteiger partial charge in [-0.2, -0.15) is 0 Å². The van der Waals surface area contributed by atoms with Gasteiger partial charge in [0.2, 0.25) is 0 Å². The number of fused-ring (bicyclic) bond motifs is 4. The van der Waals surface area contributed by atoms with Crippen molar-refractivity contribution in [2.24, 2.45) is 0 Å². The topological polar surface area (TPSA) is 229 Å². The average molecular weight is 904 g/mol. The van der Waals surface area contributed by atoms with Crippen LogP contribution >= 0.6 is 0 Å². The molecule has 0 atom stereocenters. The fourth-order valence-electron chi connectivity index (χ4n) is 5.65. The summed E-state index contributed by atoms with van der Waals surface area (Å²) in [6, 6.07) is 46.2. The summed E-state index contributed by atoms with van der Waals surface area (Å²) in [5.74, 6) is 0. The maximum Gasteiger partial charge on any atom is 3.00 e. The Kier molecular flexibility index (Phi) is 16.9. The molecular formula is C40H28CrNaO12S4. The average Bonchev–Trinajstić information content (AvgIpc) is 3.16. The van der Waals surface area contributed by atoms with Crippen LogP contribution in [-0.4, -0.2) is 51.9 Å². The van der Waals surface area contributed by atoms with Crippen molar-refractivity contribution in [3.05, 3.63) is 170 Å². The molecule has 0 bridgehead atoms. The zero-order valence-electron chi connectivity index (χ0n) is 30.1. The summed E-state index contributed by atoms with van der Waals surface area (Å²) in [5.41, 5.74) is 0. The Balaban J connectivity index is 0.000000205. The van der Waals surface area contributed by atoms with Crippen LogP contribution in [0.1, 0.15) is 0 Å². The van der Waals surface area contributed by atoms with Crippen molar-refractivity contribution in [1.82, 2.24) is 0 Å². The van der Waals surface area contributed by atoms with Gasteiger partial charge in [0.25, 0.3) is 0 Å². The molecule has 18 heteroatoms. The van der Waals surface area contributed by atoms with Crippen LogP contribution in [0.25, 0.3) is 43.1 Å². The van der Waals surface area contributed by atoms with Crippen molar-refractivity contribution in [2.45, 2.75) is 19.6 Å². The zero-order chi connectivity index (χ0) is 40.7. The quantitative estimate of drug-likeness (QED) is 0.181. The van der Waals surface area contributed by atoms with Crippen molar-refractivity contribution in [3.8, 4) is 0 Å². The SMILES string of the molecule is O=S(=O)([O-])c1cccc2ccccc12.O=S(=O)([O-])c1cccc2ccccc12.O=S(=O)([O-])c1cccc2ccccc12.O=S(=O)([O-])c1cccc2ccccc12.[Cr+3].[Na+]. The first kappa shape index (κ1) is 48.3. The molecule has 291 valence electrons. The first-order chi connectivity index (χ1) is 26.4. The molecule has 58 heavy (non-hydrogen) atoms. The molecule has 0 aliphatic rings. The van der Waals surface area contributed by atoms with E-state index in [1.807, 2.05) is 0 Å². The predicted molar refractivity (Wildman–Crippen MR) is 208 cm³/mol. The summed E-state index contributed by atoms with van der Waals surface area (Å²) in [4.78, 5) is -0.627. The second kappa shape index (κ2) is 20.3. The van der Waals surface area contributed by atoms with Crippen molar-refractivity contribution in [3.63, 3.8) is 0 Å². The third kappa shape index (κ3) is 12.5. The molecular weight excluding hydrogens is 876 g/mol. The van der Waals surface area contributed by atoms with Crippen LogP contribution in [-0.2, 0) is 57.8 Å². The van der Waals surface area contributed by atoms with Gasteiger partial charge >= 0.3 is 46.9 Å². The van der Waals surface area contributed by atoms with E-state index in [0.717, 1.165) is 21.5 Å². The molecule has 1 radical (unpaired) electrons. The molecule has 0 saturated heterocycles. The number of hydrogen-bond acceptors (Lipinski definition) is 12. The Morgan fingerprint density at radius 3 is 0.586 bits per heavy atom. The van der Waals surface area contributed by atoms with E-state index >= 15 is 0 Å². The van der Waals surface area contributed by atoms with Crippen LogP contribution in [0, 0.1) is 0 Å². The Morgan fingerprint density at radius 2 is 0.414 bits per heavy atom. The molecule has 0 unspecified atom stereocenters. The molecule has 0 amide bonds. The summed E-state index contributed by atoms with van der Waals surface area (Å²) < 4.78 is 131. The van der Waals surface area contributed by atoms with Crippen LogP contribution in [0.3, 0.4) is 0 Å². The summed E-state index contributed by atoms with van der Waals surface area (Å²) in [6.45, 7) is 0. The molecule has 0 heterocycles. The standard InChI is InChI=1S/4C10H8O3S.Cr.Na/c4*11-14(12,13)10-7-3-5-8-4-1-2-6-9(8)10;;/h4*1-7H,(H,11,12,13);;/q;;;;+3;+1/p-4. The third-order valence-corrected chi connectivity index (χ3v) is 11.7. The van der Waals surface area contributed by atoms with Gasteiger partial charge in [-0.05, 0) is 67.4 Å². The number of hydrogen-bond donors (Lipinski definition) is 0. The Morgan fingerprint density at radius 1 is 0.259 bits per heavy atom. The first-order valence-corrected chi connectivity index (χ1v) is 21.7.